The molecule has 0 heterocycles. The van der Waals surface area contributed by atoms with Crippen molar-refractivity contribution in [3.63, 3.8) is 0 Å². The molecule has 0 aliphatic carbocycles. The second-order valence-electron chi connectivity index (χ2n) is 3.40. The molecule has 0 aliphatic rings. The monoisotopic (exact) mass is 198 g/mol. The molecule has 0 saturated heterocycles. The summed E-state index contributed by atoms with van der Waals surface area (Å²) >= 11 is 0. The molecule has 0 spiro atoms. The minimum absolute atomic E-state index is 0.0316. The highest BCUT2D eigenvalue weighted by Crippen LogP contribution is 2.19. The highest BCUT2D eigenvalue weighted by Gasteiger charge is 2.05. The number of aliphatic hydroxyl groups excluding tert-OH is 1. The van der Waals surface area contributed by atoms with Crippen LogP contribution < -0.4 is 4.74 Å². The van der Waals surface area contributed by atoms with Crippen molar-refractivity contribution in [3.8, 4) is 5.75 Å². The summed E-state index contributed by atoms with van der Waals surface area (Å²) in [7, 11) is 0. The van der Waals surface area contributed by atoms with Crippen LogP contribution in [-0.4, -0.2) is 17.8 Å². The maximum absolute atomic E-state index is 13.3. The van der Waals surface area contributed by atoms with Crippen LogP contribution in [0.5, 0.6) is 5.75 Å². The molecule has 0 amide bonds. The Balaban J connectivity index is 2.79. The average molecular weight is 198 g/mol. The molecule has 0 fully saturated rings. The second-order valence-corrected chi connectivity index (χ2v) is 3.40. The summed E-state index contributed by atoms with van der Waals surface area (Å²) in [5.74, 6) is -0.105. The fraction of sp³-hybridized carbons (Fsp3) is 0.455. The normalized spacial score (nSPS) is 10.6. The zero-order valence-corrected chi connectivity index (χ0v) is 8.46. The first-order chi connectivity index (χ1) is 6.63. The molecule has 3 heteroatoms. The number of benzene rings is 1. The molecule has 0 radical (unpaired) electrons. The van der Waals surface area contributed by atoms with Crippen molar-refractivity contribution in [2.75, 3.05) is 6.61 Å². The summed E-state index contributed by atoms with van der Waals surface area (Å²) < 4.78 is 18.6. The molecule has 14 heavy (non-hydrogen) atoms. The first-order valence-electron chi connectivity index (χ1n) is 4.69. The Morgan fingerprint density at radius 1 is 1.43 bits per heavy atom. The van der Waals surface area contributed by atoms with Crippen molar-refractivity contribution in [2.24, 2.45) is 0 Å². The lowest BCUT2D eigenvalue weighted by Crippen LogP contribution is -2.07. The van der Waals surface area contributed by atoms with E-state index in [1.165, 1.54) is 6.07 Å². The third kappa shape index (κ3) is 3.00. The second kappa shape index (κ2) is 4.96. The van der Waals surface area contributed by atoms with E-state index in [0.717, 1.165) is 5.56 Å². The number of hydrogen-bond donors (Lipinski definition) is 1. The van der Waals surface area contributed by atoms with Crippen LogP contribution in [0.3, 0.4) is 0 Å². The van der Waals surface area contributed by atoms with E-state index >= 15 is 0 Å². The van der Waals surface area contributed by atoms with Crippen molar-refractivity contribution in [1.82, 2.24) is 0 Å². The SMILES string of the molecule is CC(C)Oc1ccc(CCO)cc1F. The molecule has 0 aromatic heterocycles. The number of ether oxygens (including phenoxy) is 1. The molecule has 2 nitrogen and oxygen atoms in total. The maximum Gasteiger partial charge on any atom is 0.165 e. The molecule has 78 valence electrons. The van der Waals surface area contributed by atoms with Crippen LogP contribution in [0.1, 0.15) is 19.4 Å². The first-order valence-corrected chi connectivity index (χ1v) is 4.69. The molecule has 0 saturated carbocycles. The summed E-state index contributed by atoms with van der Waals surface area (Å²) in [6, 6.07) is 4.76. The summed E-state index contributed by atoms with van der Waals surface area (Å²) in [5.41, 5.74) is 0.779. The quantitative estimate of drug-likeness (QED) is 0.803. The predicted octanol–water partition coefficient (Wildman–Crippen LogP) is 2.15. The lowest BCUT2D eigenvalue weighted by molar-refractivity contribution is 0.231. The van der Waals surface area contributed by atoms with Gasteiger partial charge >= 0.3 is 0 Å². The van der Waals surface area contributed by atoms with Gasteiger partial charge in [0.2, 0.25) is 0 Å². The Kier molecular flexibility index (Phi) is 3.89. The van der Waals surface area contributed by atoms with E-state index in [1.807, 2.05) is 13.8 Å². The van der Waals surface area contributed by atoms with E-state index in [4.69, 9.17) is 9.84 Å². The summed E-state index contributed by atoms with van der Waals surface area (Å²) in [4.78, 5) is 0. The Hall–Kier alpha value is -1.09. The maximum atomic E-state index is 13.3. The Morgan fingerprint density at radius 3 is 2.64 bits per heavy atom. The van der Waals surface area contributed by atoms with Crippen LogP contribution in [0.15, 0.2) is 18.2 Å². The zero-order valence-electron chi connectivity index (χ0n) is 8.46. The number of halogens is 1. The van der Waals surface area contributed by atoms with E-state index in [2.05, 4.69) is 0 Å². The Bertz CT molecular complexity index is 297. The van der Waals surface area contributed by atoms with Crippen molar-refractivity contribution < 1.29 is 14.2 Å². The molecule has 0 aliphatic heterocycles. The minimum Gasteiger partial charge on any atom is -0.488 e. The molecule has 1 aromatic rings. The van der Waals surface area contributed by atoms with Crippen LogP contribution in [0.4, 0.5) is 4.39 Å². The topological polar surface area (TPSA) is 29.5 Å². The van der Waals surface area contributed by atoms with Gasteiger partial charge in [-0.3, -0.25) is 0 Å². The van der Waals surface area contributed by atoms with Crippen LogP contribution in [0, 0.1) is 5.82 Å². The fourth-order valence-corrected chi connectivity index (χ4v) is 1.18. The van der Waals surface area contributed by atoms with E-state index < -0.39 is 0 Å². The van der Waals surface area contributed by atoms with Gasteiger partial charge in [-0.1, -0.05) is 6.07 Å². The van der Waals surface area contributed by atoms with Gasteiger partial charge in [-0.25, -0.2) is 4.39 Å². The third-order valence-electron chi connectivity index (χ3n) is 1.76. The Morgan fingerprint density at radius 2 is 2.14 bits per heavy atom. The largest absolute Gasteiger partial charge is 0.488 e. The average Bonchev–Trinajstić information content (AvgIpc) is 2.10. The van der Waals surface area contributed by atoms with E-state index in [0.29, 0.717) is 6.42 Å². The first kappa shape index (κ1) is 11.0. The molecule has 1 N–H and O–H groups in total. The van der Waals surface area contributed by atoms with Gasteiger partial charge in [0, 0.05) is 6.61 Å². The van der Waals surface area contributed by atoms with Crippen molar-refractivity contribution in [2.45, 2.75) is 26.4 Å². The van der Waals surface area contributed by atoms with Gasteiger partial charge in [0.25, 0.3) is 0 Å². The van der Waals surface area contributed by atoms with Gasteiger partial charge in [-0.2, -0.15) is 0 Å². The third-order valence-corrected chi connectivity index (χ3v) is 1.76. The van der Waals surface area contributed by atoms with Gasteiger partial charge in [0.05, 0.1) is 6.10 Å². The molecule has 0 unspecified atom stereocenters. The van der Waals surface area contributed by atoms with Gasteiger partial charge in [0.1, 0.15) is 0 Å². The molecular formula is C11H15FO2. The Labute approximate surface area is 83.3 Å². The summed E-state index contributed by atoms with van der Waals surface area (Å²) in [6.45, 7) is 3.73. The standard InChI is InChI=1S/C11H15FO2/c1-8(2)14-11-4-3-9(5-6-13)7-10(11)12/h3-4,7-8,13H,5-6H2,1-2H3. The van der Waals surface area contributed by atoms with Crippen molar-refractivity contribution in [1.29, 1.82) is 0 Å². The molecular weight excluding hydrogens is 183 g/mol. The van der Waals surface area contributed by atoms with Crippen LogP contribution in [0.25, 0.3) is 0 Å². The van der Waals surface area contributed by atoms with Gasteiger partial charge < -0.3 is 9.84 Å². The zero-order chi connectivity index (χ0) is 10.6. The summed E-state index contributed by atoms with van der Waals surface area (Å²) in [5, 5.41) is 8.67. The lowest BCUT2D eigenvalue weighted by Gasteiger charge is -2.11. The van der Waals surface area contributed by atoms with Crippen LogP contribution >= 0.6 is 0 Å². The van der Waals surface area contributed by atoms with Crippen molar-refractivity contribution in [3.05, 3.63) is 29.6 Å². The van der Waals surface area contributed by atoms with E-state index in [9.17, 15) is 4.39 Å². The summed E-state index contributed by atoms with van der Waals surface area (Å²) in [6.07, 6.45) is 0.437. The smallest absolute Gasteiger partial charge is 0.165 e. The van der Waals surface area contributed by atoms with Gasteiger partial charge in [-0.15, -0.1) is 0 Å². The predicted molar refractivity (Wildman–Crippen MR) is 53.0 cm³/mol. The van der Waals surface area contributed by atoms with Gasteiger partial charge in [0.15, 0.2) is 11.6 Å². The van der Waals surface area contributed by atoms with Crippen molar-refractivity contribution >= 4 is 0 Å². The van der Waals surface area contributed by atoms with Crippen LogP contribution in [0.2, 0.25) is 0 Å². The number of rotatable bonds is 4. The molecule has 1 rings (SSSR count). The van der Waals surface area contributed by atoms with E-state index in [-0.39, 0.29) is 24.3 Å². The fourth-order valence-electron chi connectivity index (χ4n) is 1.18. The highest BCUT2D eigenvalue weighted by atomic mass is 19.1. The van der Waals surface area contributed by atoms with Gasteiger partial charge in [-0.05, 0) is 38.0 Å². The number of aliphatic hydroxyl groups is 1. The molecule has 0 bridgehead atoms. The van der Waals surface area contributed by atoms with Crippen LogP contribution in [-0.2, 0) is 6.42 Å². The molecule has 1 aromatic carbocycles. The molecule has 0 atom stereocenters. The number of hydrogen-bond acceptors (Lipinski definition) is 2. The lowest BCUT2D eigenvalue weighted by atomic mass is 10.1. The highest BCUT2D eigenvalue weighted by molar-refractivity contribution is 5.29. The minimum atomic E-state index is -0.371. The van der Waals surface area contributed by atoms with E-state index in [1.54, 1.807) is 12.1 Å².